The molecule has 1 atom stereocenters. The van der Waals surface area contributed by atoms with Crippen molar-refractivity contribution in [1.82, 2.24) is 10.2 Å². The molecule has 1 saturated heterocycles. The lowest BCUT2D eigenvalue weighted by Crippen LogP contribution is -2.47. The number of anilines is 2. The number of rotatable bonds is 6. The Bertz CT molecular complexity index is 1290. The molecule has 0 spiro atoms. The minimum absolute atomic E-state index is 0.0519. The molecular weight excluding hydrogens is 474 g/mol. The van der Waals surface area contributed by atoms with Gasteiger partial charge in [-0.25, -0.2) is 0 Å². The van der Waals surface area contributed by atoms with Crippen molar-refractivity contribution < 1.29 is 9.59 Å². The zero-order valence-electron chi connectivity index (χ0n) is 20.1. The van der Waals surface area contributed by atoms with Crippen LogP contribution >= 0.6 is 11.6 Å². The zero-order chi connectivity index (χ0) is 25.1. The molecule has 0 aromatic heterocycles. The van der Waals surface area contributed by atoms with Crippen LogP contribution in [0.5, 0.6) is 0 Å². The minimum Gasteiger partial charge on any atom is -0.325 e. The first-order chi connectivity index (χ1) is 17.5. The smallest absolute Gasteiger partial charge is 0.240 e. The van der Waals surface area contributed by atoms with Gasteiger partial charge in [0.15, 0.2) is 0 Å². The Labute approximate surface area is 215 Å². The lowest BCUT2D eigenvalue weighted by Gasteiger charge is -2.28. The number of carbonyl (C=O) groups excluding carboxylic acids is 2. The molecule has 8 heteroatoms. The van der Waals surface area contributed by atoms with Gasteiger partial charge in [0, 0.05) is 49.6 Å². The number of halogens is 1. The Hall–Kier alpha value is -3.52. The van der Waals surface area contributed by atoms with E-state index in [4.69, 9.17) is 16.6 Å². The predicted molar refractivity (Wildman–Crippen MR) is 145 cm³/mol. The van der Waals surface area contributed by atoms with Gasteiger partial charge in [-0.05, 0) is 47.5 Å². The number of hydrogen-bond acceptors (Lipinski definition) is 5. The molecule has 0 saturated carbocycles. The molecule has 1 fully saturated rings. The standard InChI is InChI=1S/C28H28ClN5O2/c1-33(25(35)18-34-15-13-30-14-16-34)22-10-8-21(9-11-22)31-27(19-5-3-2-4-6-19)26-23-12-7-20(29)17-24(23)32-28(26)36/h2-12,17,26,30H,13-16,18H2,1H3,(H,32,36). The maximum absolute atomic E-state index is 13.0. The van der Waals surface area contributed by atoms with E-state index in [9.17, 15) is 9.59 Å². The summed E-state index contributed by atoms with van der Waals surface area (Å²) in [6, 6.07) is 22.7. The highest BCUT2D eigenvalue weighted by Gasteiger charge is 2.35. The summed E-state index contributed by atoms with van der Waals surface area (Å²) in [6.07, 6.45) is 0. The Morgan fingerprint density at radius 2 is 1.78 bits per heavy atom. The highest BCUT2D eigenvalue weighted by atomic mass is 35.5. The van der Waals surface area contributed by atoms with Crippen molar-refractivity contribution in [2.45, 2.75) is 5.92 Å². The Morgan fingerprint density at radius 1 is 1.06 bits per heavy atom. The fourth-order valence-corrected chi connectivity index (χ4v) is 4.78. The first kappa shape index (κ1) is 24.2. The summed E-state index contributed by atoms with van der Waals surface area (Å²) in [7, 11) is 1.79. The van der Waals surface area contributed by atoms with Crippen LogP contribution in [0.25, 0.3) is 0 Å². The molecule has 2 N–H and O–H groups in total. The first-order valence-corrected chi connectivity index (χ1v) is 12.4. The molecule has 0 radical (unpaired) electrons. The van der Waals surface area contributed by atoms with E-state index in [2.05, 4.69) is 15.5 Å². The van der Waals surface area contributed by atoms with Crippen molar-refractivity contribution in [3.63, 3.8) is 0 Å². The number of nitrogens with one attached hydrogen (secondary N) is 2. The van der Waals surface area contributed by atoms with Gasteiger partial charge in [0.05, 0.1) is 17.9 Å². The number of amides is 2. The van der Waals surface area contributed by atoms with E-state index >= 15 is 0 Å². The summed E-state index contributed by atoms with van der Waals surface area (Å²) < 4.78 is 0. The summed E-state index contributed by atoms with van der Waals surface area (Å²) in [5, 5.41) is 6.81. The minimum atomic E-state index is -0.553. The van der Waals surface area contributed by atoms with Gasteiger partial charge in [-0.3, -0.25) is 19.5 Å². The third-order valence-corrected chi connectivity index (χ3v) is 6.85. The molecule has 0 bridgehead atoms. The third-order valence-electron chi connectivity index (χ3n) is 6.62. The van der Waals surface area contributed by atoms with Crippen LogP contribution in [0.4, 0.5) is 17.1 Å². The van der Waals surface area contributed by atoms with Crippen LogP contribution in [0.2, 0.25) is 5.02 Å². The van der Waals surface area contributed by atoms with Crippen LogP contribution in [0, 0.1) is 0 Å². The number of hydrogen-bond donors (Lipinski definition) is 2. The van der Waals surface area contributed by atoms with Gasteiger partial charge in [-0.2, -0.15) is 0 Å². The quantitative estimate of drug-likeness (QED) is 0.499. The number of fused-ring (bicyclic) bond motifs is 1. The lowest BCUT2D eigenvalue weighted by atomic mass is 9.90. The largest absolute Gasteiger partial charge is 0.325 e. The maximum atomic E-state index is 13.0. The fraction of sp³-hybridized carbons (Fsp3) is 0.250. The Balaban J connectivity index is 1.42. The summed E-state index contributed by atoms with van der Waals surface area (Å²) >= 11 is 6.15. The molecule has 0 aliphatic carbocycles. The molecular formula is C28H28ClN5O2. The molecule has 3 aromatic carbocycles. The van der Waals surface area contributed by atoms with E-state index in [1.54, 1.807) is 24.1 Å². The summed E-state index contributed by atoms with van der Waals surface area (Å²) in [4.78, 5) is 34.6. The normalized spacial score (nSPS) is 18.0. The molecule has 5 rings (SSSR count). The Kier molecular flexibility index (Phi) is 7.13. The van der Waals surface area contributed by atoms with Gasteiger partial charge in [0.25, 0.3) is 0 Å². The van der Waals surface area contributed by atoms with Crippen LogP contribution in [-0.4, -0.2) is 62.2 Å². The second kappa shape index (κ2) is 10.6. The highest BCUT2D eigenvalue weighted by Crippen LogP contribution is 2.37. The monoisotopic (exact) mass is 501 g/mol. The van der Waals surface area contributed by atoms with Crippen molar-refractivity contribution in [3.8, 4) is 0 Å². The molecule has 184 valence electrons. The molecule has 36 heavy (non-hydrogen) atoms. The first-order valence-electron chi connectivity index (χ1n) is 12.0. The predicted octanol–water partition coefficient (Wildman–Crippen LogP) is 4.06. The zero-order valence-corrected chi connectivity index (χ0v) is 20.8. The molecule has 1 unspecified atom stereocenters. The third kappa shape index (κ3) is 5.18. The molecule has 2 heterocycles. The molecule has 2 aliphatic heterocycles. The number of benzene rings is 3. The number of likely N-dealkylation sites (N-methyl/N-ethyl adjacent to an activating group) is 1. The van der Waals surface area contributed by atoms with Crippen molar-refractivity contribution in [2.75, 3.05) is 50.0 Å². The Morgan fingerprint density at radius 3 is 2.50 bits per heavy atom. The second-order valence-electron chi connectivity index (χ2n) is 9.01. The van der Waals surface area contributed by atoms with E-state index in [1.807, 2.05) is 60.7 Å². The average molecular weight is 502 g/mol. The highest BCUT2D eigenvalue weighted by molar-refractivity contribution is 6.31. The van der Waals surface area contributed by atoms with Gasteiger partial charge in [-0.1, -0.05) is 48.0 Å². The van der Waals surface area contributed by atoms with Crippen molar-refractivity contribution in [2.24, 2.45) is 4.99 Å². The second-order valence-corrected chi connectivity index (χ2v) is 9.45. The van der Waals surface area contributed by atoms with E-state index in [-0.39, 0.29) is 11.8 Å². The van der Waals surface area contributed by atoms with Gasteiger partial charge in [-0.15, -0.1) is 0 Å². The van der Waals surface area contributed by atoms with Crippen LogP contribution in [0.3, 0.4) is 0 Å². The van der Waals surface area contributed by atoms with Crippen LogP contribution in [0.1, 0.15) is 17.0 Å². The average Bonchev–Trinajstić information content (AvgIpc) is 3.22. The van der Waals surface area contributed by atoms with E-state index in [0.29, 0.717) is 28.7 Å². The van der Waals surface area contributed by atoms with E-state index in [1.165, 1.54) is 0 Å². The number of nitrogens with zero attached hydrogens (tertiary/aromatic N) is 3. The molecule has 2 aliphatic rings. The molecule has 3 aromatic rings. The number of aliphatic imine (C=N–C) groups is 1. The summed E-state index contributed by atoms with van der Waals surface area (Å²) in [5.74, 6) is -0.636. The molecule has 2 amide bonds. The number of carbonyl (C=O) groups is 2. The number of piperazine rings is 1. The SMILES string of the molecule is CN(C(=O)CN1CCNCC1)c1ccc(N=C(c2ccccc2)C2C(=O)Nc3cc(Cl)ccc32)cc1. The van der Waals surface area contributed by atoms with E-state index < -0.39 is 5.92 Å². The van der Waals surface area contributed by atoms with Gasteiger partial charge < -0.3 is 15.5 Å². The summed E-state index contributed by atoms with van der Waals surface area (Å²) in [5.41, 5.74) is 4.59. The fourth-order valence-electron chi connectivity index (χ4n) is 4.61. The van der Waals surface area contributed by atoms with Crippen LogP contribution in [0.15, 0.2) is 77.8 Å². The summed E-state index contributed by atoms with van der Waals surface area (Å²) in [6.45, 7) is 3.96. The molecule has 7 nitrogen and oxygen atoms in total. The van der Waals surface area contributed by atoms with Crippen molar-refractivity contribution in [3.05, 3.63) is 88.9 Å². The van der Waals surface area contributed by atoms with Crippen LogP contribution in [-0.2, 0) is 9.59 Å². The van der Waals surface area contributed by atoms with Gasteiger partial charge in [0.1, 0.15) is 5.92 Å². The van der Waals surface area contributed by atoms with Gasteiger partial charge in [0.2, 0.25) is 11.8 Å². The van der Waals surface area contributed by atoms with E-state index in [0.717, 1.165) is 43.0 Å². The lowest BCUT2D eigenvalue weighted by molar-refractivity contribution is -0.119. The maximum Gasteiger partial charge on any atom is 0.240 e. The van der Waals surface area contributed by atoms with Gasteiger partial charge >= 0.3 is 0 Å². The topological polar surface area (TPSA) is 77.0 Å². The van der Waals surface area contributed by atoms with Crippen molar-refractivity contribution >= 4 is 46.2 Å². The van der Waals surface area contributed by atoms with Crippen molar-refractivity contribution in [1.29, 1.82) is 0 Å². The van der Waals surface area contributed by atoms with Crippen LogP contribution < -0.4 is 15.5 Å².